The number of hydrogen-bond acceptors (Lipinski definition) is 5. The van der Waals surface area contributed by atoms with Crippen molar-refractivity contribution in [3.63, 3.8) is 0 Å². The molecule has 2 aromatic heterocycles. The van der Waals surface area contributed by atoms with E-state index >= 15 is 0 Å². The third-order valence-corrected chi connectivity index (χ3v) is 1.64. The van der Waals surface area contributed by atoms with Gasteiger partial charge in [0.2, 0.25) is 5.95 Å². The summed E-state index contributed by atoms with van der Waals surface area (Å²) in [6, 6.07) is 0. The second kappa shape index (κ2) is 3.29. The van der Waals surface area contributed by atoms with Gasteiger partial charge < -0.3 is 4.52 Å². The number of aromatic amines is 1. The van der Waals surface area contributed by atoms with Gasteiger partial charge in [-0.3, -0.25) is 10.1 Å². The van der Waals surface area contributed by atoms with E-state index in [1.54, 1.807) is 6.92 Å². The molecule has 0 aliphatic heterocycles. The zero-order valence-electron chi connectivity index (χ0n) is 7.31. The smallest absolute Gasteiger partial charge is 0.263 e. The molecule has 7 nitrogen and oxygen atoms in total. The lowest BCUT2D eigenvalue weighted by Gasteiger charge is -1.97. The molecule has 0 aliphatic carbocycles. The van der Waals surface area contributed by atoms with Crippen molar-refractivity contribution in [3.05, 3.63) is 23.8 Å². The largest absolute Gasteiger partial charge is 0.361 e. The number of nitrogens with zero attached hydrogens (tertiary/aromatic N) is 3. The summed E-state index contributed by atoms with van der Waals surface area (Å²) in [5.41, 5.74) is 0.376. The van der Waals surface area contributed by atoms with E-state index in [4.69, 9.17) is 4.52 Å². The number of carbonyl (C=O) groups excluding carboxylic acids is 1. The molecule has 7 heteroatoms. The molecule has 0 atom stereocenters. The molecule has 0 saturated carbocycles. The fourth-order valence-corrected chi connectivity index (χ4v) is 0.957. The summed E-state index contributed by atoms with van der Waals surface area (Å²) >= 11 is 0. The molecule has 0 aliphatic rings. The first-order valence-corrected chi connectivity index (χ1v) is 3.85. The summed E-state index contributed by atoms with van der Waals surface area (Å²) in [6.45, 7) is 1.66. The number of aromatic nitrogens is 4. The first-order valence-electron chi connectivity index (χ1n) is 3.85. The van der Waals surface area contributed by atoms with Crippen LogP contribution in [0.15, 0.2) is 17.0 Å². The number of amides is 1. The number of aryl methyl sites for hydroxylation is 1. The number of H-pyrrole nitrogens is 1. The summed E-state index contributed by atoms with van der Waals surface area (Å²) in [5.74, 6) is 0.415. The Morgan fingerprint density at radius 2 is 2.50 bits per heavy atom. The molecule has 72 valence electrons. The van der Waals surface area contributed by atoms with Crippen LogP contribution < -0.4 is 5.32 Å². The van der Waals surface area contributed by atoms with Gasteiger partial charge in [-0.2, -0.15) is 10.1 Å². The fraction of sp³-hybridized carbons (Fsp3) is 0.143. The molecular formula is C7H7N5O2. The monoisotopic (exact) mass is 193 g/mol. The molecule has 0 unspecified atom stereocenters. The average Bonchev–Trinajstić information content (AvgIpc) is 2.75. The van der Waals surface area contributed by atoms with E-state index in [0.29, 0.717) is 11.3 Å². The lowest BCUT2D eigenvalue weighted by atomic mass is 10.2. The van der Waals surface area contributed by atoms with Gasteiger partial charge in [-0.15, -0.1) is 0 Å². The molecule has 0 bridgehead atoms. The van der Waals surface area contributed by atoms with Crippen LogP contribution in [0.1, 0.15) is 16.1 Å². The highest BCUT2D eigenvalue weighted by molar-refractivity contribution is 6.03. The van der Waals surface area contributed by atoms with Gasteiger partial charge in [-0.1, -0.05) is 5.16 Å². The molecule has 0 radical (unpaired) electrons. The van der Waals surface area contributed by atoms with Crippen LogP contribution in [0.25, 0.3) is 0 Å². The first kappa shape index (κ1) is 8.42. The summed E-state index contributed by atoms with van der Waals surface area (Å²) in [5, 5.41) is 12.1. The zero-order chi connectivity index (χ0) is 9.97. The Morgan fingerprint density at radius 1 is 1.64 bits per heavy atom. The Morgan fingerprint density at radius 3 is 3.07 bits per heavy atom. The molecule has 0 saturated heterocycles. The lowest BCUT2D eigenvalue weighted by molar-refractivity contribution is 0.102. The number of anilines is 1. The van der Waals surface area contributed by atoms with E-state index in [9.17, 15) is 4.79 Å². The van der Waals surface area contributed by atoms with Crippen LogP contribution in [0.2, 0.25) is 0 Å². The average molecular weight is 193 g/mol. The molecule has 0 spiro atoms. The maximum Gasteiger partial charge on any atom is 0.263 e. The molecule has 14 heavy (non-hydrogen) atoms. The van der Waals surface area contributed by atoms with Gasteiger partial charge in [-0.25, -0.2) is 5.10 Å². The highest BCUT2D eigenvalue weighted by Gasteiger charge is 2.13. The predicted molar refractivity (Wildman–Crippen MR) is 45.6 cm³/mol. The van der Waals surface area contributed by atoms with E-state index in [2.05, 4.69) is 25.7 Å². The van der Waals surface area contributed by atoms with Gasteiger partial charge in [0.25, 0.3) is 5.91 Å². The normalized spacial score (nSPS) is 10.1. The highest BCUT2D eigenvalue weighted by Crippen LogP contribution is 2.07. The number of hydrogen-bond donors (Lipinski definition) is 2. The Balaban J connectivity index is 2.14. The van der Waals surface area contributed by atoms with Crippen molar-refractivity contribution in [2.24, 2.45) is 0 Å². The minimum Gasteiger partial charge on any atom is -0.361 e. The van der Waals surface area contributed by atoms with Gasteiger partial charge in [0.05, 0.1) is 6.20 Å². The summed E-state index contributed by atoms with van der Waals surface area (Å²) in [7, 11) is 0. The minimum absolute atomic E-state index is 0.288. The Labute approximate surface area is 78.5 Å². The van der Waals surface area contributed by atoms with Gasteiger partial charge in [0, 0.05) is 0 Å². The number of rotatable bonds is 2. The topological polar surface area (TPSA) is 96.7 Å². The third kappa shape index (κ3) is 1.47. The number of nitrogens with one attached hydrogen (secondary N) is 2. The Hall–Kier alpha value is -2.18. The molecule has 2 heterocycles. The van der Waals surface area contributed by atoms with Crippen molar-refractivity contribution in [3.8, 4) is 0 Å². The van der Waals surface area contributed by atoms with Crippen LogP contribution in [0.3, 0.4) is 0 Å². The van der Waals surface area contributed by atoms with E-state index in [-0.39, 0.29) is 11.9 Å². The lowest BCUT2D eigenvalue weighted by Crippen LogP contribution is -2.13. The molecule has 2 N–H and O–H groups in total. The van der Waals surface area contributed by atoms with Gasteiger partial charge in [-0.05, 0) is 6.92 Å². The van der Waals surface area contributed by atoms with E-state index in [0.717, 1.165) is 0 Å². The van der Waals surface area contributed by atoms with Crippen molar-refractivity contribution >= 4 is 11.9 Å². The predicted octanol–water partition coefficient (Wildman–Crippen LogP) is 0.353. The van der Waals surface area contributed by atoms with Crippen LogP contribution in [0, 0.1) is 6.92 Å². The quantitative estimate of drug-likeness (QED) is 0.717. The van der Waals surface area contributed by atoms with Gasteiger partial charge in [0.15, 0.2) is 0 Å². The van der Waals surface area contributed by atoms with Crippen LogP contribution in [0.5, 0.6) is 0 Å². The van der Waals surface area contributed by atoms with Crippen molar-refractivity contribution in [2.75, 3.05) is 5.32 Å². The van der Waals surface area contributed by atoms with E-state index in [1.807, 2.05) is 0 Å². The first-order chi connectivity index (χ1) is 6.77. The standard InChI is InChI=1S/C7H7N5O2/c1-4-5(2-10-14-4)6(13)11-7-8-3-9-12-7/h2-3H,1H3,(H2,8,9,11,12,13). The molecule has 2 rings (SSSR count). The molecule has 0 aromatic carbocycles. The molecular weight excluding hydrogens is 186 g/mol. The second-order valence-electron chi connectivity index (χ2n) is 2.58. The maximum absolute atomic E-state index is 11.5. The van der Waals surface area contributed by atoms with E-state index < -0.39 is 0 Å². The molecule has 2 aromatic rings. The second-order valence-corrected chi connectivity index (χ2v) is 2.58. The Kier molecular flexibility index (Phi) is 1.98. The van der Waals surface area contributed by atoms with Crippen LogP contribution in [-0.2, 0) is 0 Å². The van der Waals surface area contributed by atoms with Crippen molar-refractivity contribution in [1.82, 2.24) is 20.3 Å². The minimum atomic E-state index is -0.333. The van der Waals surface area contributed by atoms with Crippen LogP contribution in [0.4, 0.5) is 5.95 Å². The van der Waals surface area contributed by atoms with Crippen molar-refractivity contribution in [1.29, 1.82) is 0 Å². The molecule has 1 amide bonds. The van der Waals surface area contributed by atoms with Crippen molar-refractivity contribution in [2.45, 2.75) is 6.92 Å². The zero-order valence-corrected chi connectivity index (χ0v) is 7.31. The van der Waals surface area contributed by atoms with Crippen LogP contribution in [-0.4, -0.2) is 26.2 Å². The van der Waals surface area contributed by atoms with Crippen molar-refractivity contribution < 1.29 is 9.32 Å². The van der Waals surface area contributed by atoms with E-state index in [1.165, 1.54) is 12.5 Å². The van der Waals surface area contributed by atoms with Crippen LogP contribution >= 0.6 is 0 Å². The maximum atomic E-state index is 11.5. The Bertz CT molecular complexity index is 433. The molecule has 0 fully saturated rings. The summed E-state index contributed by atoms with van der Waals surface area (Å²) in [6.07, 6.45) is 2.65. The van der Waals surface area contributed by atoms with Gasteiger partial charge in [0.1, 0.15) is 17.7 Å². The fourth-order valence-electron chi connectivity index (χ4n) is 0.957. The summed E-state index contributed by atoms with van der Waals surface area (Å²) < 4.78 is 4.75. The van der Waals surface area contributed by atoms with Gasteiger partial charge >= 0.3 is 0 Å². The highest BCUT2D eigenvalue weighted by atomic mass is 16.5. The SMILES string of the molecule is Cc1oncc1C(=O)Nc1ncn[nH]1. The third-order valence-electron chi connectivity index (χ3n) is 1.64. The summed E-state index contributed by atoms with van der Waals surface area (Å²) in [4.78, 5) is 15.2. The number of carbonyl (C=O) groups is 1.